The molecule has 1 aromatic rings. The number of rotatable bonds is 5. The predicted molar refractivity (Wildman–Crippen MR) is 71.3 cm³/mol. The Bertz CT molecular complexity index is 464. The van der Waals surface area contributed by atoms with E-state index in [1.165, 1.54) is 24.1 Å². The Morgan fingerprint density at radius 1 is 1.35 bits per heavy atom. The van der Waals surface area contributed by atoms with Gasteiger partial charge in [0.25, 0.3) is 0 Å². The van der Waals surface area contributed by atoms with Gasteiger partial charge >= 0.3 is 6.18 Å². The van der Waals surface area contributed by atoms with Crippen molar-refractivity contribution in [3.8, 4) is 11.5 Å². The summed E-state index contributed by atoms with van der Waals surface area (Å²) >= 11 is 5.87. The molecule has 0 radical (unpaired) electrons. The molecule has 3 nitrogen and oxygen atoms in total. The molecule has 1 aromatic carbocycles. The zero-order chi connectivity index (χ0) is 15.5. The molecule has 0 aliphatic carbocycles. The molecule has 7 heteroatoms. The maximum Gasteiger partial charge on any atom is 0.401 e. The first-order valence-corrected chi connectivity index (χ1v) is 6.38. The number of hydrogen-bond donors (Lipinski definition) is 1. The molecule has 0 aliphatic heterocycles. The summed E-state index contributed by atoms with van der Waals surface area (Å²) in [5.74, 6) is -0.0482. The van der Waals surface area contributed by atoms with Crippen LogP contribution in [0.25, 0.3) is 0 Å². The molecule has 20 heavy (non-hydrogen) atoms. The molecule has 0 unspecified atom stereocenters. The fourth-order valence-electron chi connectivity index (χ4n) is 1.77. The molecule has 0 bridgehead atoms. The van der Waals surface area contributed by atoms with E-state index >= 15 is 0 Å². The average Bonchev–Trinajstić information content (AvgIpc) is 2.30. The molecular formula is C13H17ClF3NO2. The number of alkyl halides is 3. The molecule has 114 valence electrons. The van der Waals surface area contributed by atoms with Crippen LogP contribution in [0.4, 0.5) is 13.2 Å². The first kappa shape index (κ1) is 16.9. The molecule has 1 N–H and O–H groups in total. The van der Waals surface area contributed by atoms with Gasteiger partial charge in [-0.2, -0.15) is 13.2 Å². The number of phenolic OH excluding ortho intramolecular Hbond substituents is 1. The average molecular weight is 312 g/mol. The Morgan fingerprint density at radius 3 is 2.40 bits per heavy atom. The topological polar surface area (TPSA) is 32.7 Å². The van der Waals surface area contributed by atoms with Crippen molar-refractivity contribution in [2.75, 3.05) is 13.7 Å². The second-order valence-corrected chi connectivity index (χ2v) is 5.17. The summed E-state index contributed by atoms with van der Waals surface area (Å²) in [6, 6.07) is 2.51. The van der Waals surface area contributed by atoms with E-state index in [4.69, 9.17) is 16.3 Å². The van der Waals surface area contributed by atoms with E-state index in [2.05, 4.69) is 0 Å². The predicted octanol–water partition coefficient (Wildman–Crippen LogP) is 3.83. The van der Waals surface area contributed by atoms with E-state index in [0.717, 1.165) is 0 Å². The summed E-state index contributed by atoms with van der Waals surface area (Å²) in [5, 5.41) is 10.2. The summed E-state index contributed by atoms with van der Waals surface area (Å²) in [6.07, 6.45) is -4.30. The number of aromatic hydroxyl groups is 1. The summed E-state index contributed by atoms with van der Waals surface area (Å²) in [5.41, 5.74) is 0.298. The third kappa shape index (κ3) is 4.76. The van der Waals surface area contributed by atoms with Crippen molar-refractivity contribution < 1.29 is 23.0 Å². The van der Waals surface area contributed by atoms with E-state index < -0.39 is 12.7 Å². The molecule has 0 spiro atoms. The number of ether oxygens (including phenoxy) is 1. The van der Waals surface area contributed by atoms with E-state index in [1.54, 1.807) is 13.8 Å². The molecular weight excluding hydrogens is 295 g/mol. The van der Waals surface area contributed by atoms with Crippen molar-refractivity contribution in [3.05, 3.63) is 22.7 Å². The number of halogens is 4. The lowest BCUT2D eigenvalue weighted by atomic mass is 10.1. The monoisotopic (exact) mass is 311 g/mol. The van der Waals surface area contributed by atoms with Gasteiger partial charge < -0.3 is 9.84 Å². The van der Waals surface area contributed by atoms with Crippen LogP contribution in [0.1, 0.15) is 19.4 Å². The number of methoxy groups -OCH3 is 1. The molecule has 0 fully saturated rings. The van der Waals surface area contributed by atoms with Crippen molar-refractivity contribution in [2.24, 2.45) is 0 Å². The summed E-state index contributed by atoms with van der Waals surface area (Å²) in [4.78, 5) is 1.20. The van der Waals surface area contributed by atoms with Crippen molar-refractivity contribution in [1.29, 1.82) is 0 Å². The molecule has 0 aromatic heterocycles. The van der Waals surface area contributed by atoms with Gasteiger partial charge in [0.2, 0.25) is 0 Å². The van der Waals surface area contributed by atoms with Gasteiger partial charge in [0.1, 0.15) is 0 Å². The lowest BCUT2D eigenvalue weighted by molar-refractivity contribution is -0.150. The molecule has 0 heterocycles. The highest BCUT2D eigenvalue weighted by Gasteiger charge is 2.32. The van der Waals surface area contributed by atoms with E-state index in [1.807, 2.05) is 0 Å². The number of hydrogen-bond acceptors (Lipinski definition) is 3. The minimum atomic E-state index is -4.30. The van der Waals surface area contributed by atoms with Gasteiger partial charge in [-0.25, -0.2) is 0 Å². The van der Waals surface area contributed by atoms with Gasteiger partial charge in [-0.05, 0) is 19.9 Å². The standard InChI is InChI=1S/C13H17ClF3NO2/c1-8(2)18(7-13(15,16)17)6-9-4-10(14)5-11(20-3)12(9)19/h4-5,8,19H,6-7H2,1-3H3. The van der Waals surface area contributed by atoms with Crippen molar-refractivity contribution in [1.82, 2.24) is 4.90 Å². The number of benzene rings is 1. The van der Waals surface area contributed by atoms with E-state index in [0.29, 0.717) is 10.6 Å². The summed E-state index contributed by atoms with van der Waals surface area (Å²) in [7, 11) is 1.35. The van der Waals surface area contributed by atoms with Gasteiger partial charge in [-0.15, -0.1) is 0 Å². The molecule has 1 rings (SSSR count). The summed E-state index contributed by atoms with van der Waals surface area (Å²) < 4.78 is 42.6. The smallest absolute Gasteiger partial charge is 0.401 e. The van der Waals surface area contributed by atoms with Crippen LogP contribution in [0.3, 0.4) is 0 Å². The third-order valence-electron chi connectivity index (χ3n) is 2.82. The molecule has 0 aliphatic rings. The molecule has 0 saturated carbocycles. The van der Waals surface area contributed by atoms with Gasteiger partial charge in [0.15, 0.2) is 11.5 Å². The van der Waals surface area contributed by atoms with Crippen LogP contribution < -0.4 is 4.74 Å². The number of nitrogens with zero attached hydrogens (tertiary/aromatic N) is 1. The zero-order valence-corrected chi connectivity index (χ0v) is 12.2. The Kier molecular flexibility index (Phi) is 5.53. The van der Waals surface area contributed by atoms with Gasteiger partial charge in [-0.3, -0.25) is 4.90 Å². The Hall–Kier alpha value is -1.14. The largest absolute Gasteiger partial charge is 0.504 e. The Balaban J connectivity index is 3.02. The highest BCUT2D eigenvalue weighted by molar-refractivity contribution is 6.30. The van der Waals surface area contributed by atoms with Crippen LogP contribution in [0.2, 0.25) is 5.02 Å². The quantitative estimate of drug-likeness (QED) is 0.897. The first-order chi connectivity index (χ1) is 9.14. The summed E-state index contributed by atoms with van der Waals surface area (Å²) in [6.45, 7) is 2.19. The van der Waals surface area contributed by atoms with Gasteiger partial charge in [0, 0.05) is 29.2 Å². The van der Waals surface area contributed by atoms with E-state index in [-0.39, 0.29) is 24.1 Å². The maximum atomic E-state index is 12.5. The SMILES string of the molecule is COc1cc(Cl)cc(CN(CC(F)(F)F)C(C)C)c1O. The minimum absolute atomic E-state index is 0.0695. The second-order valence-electron chi connectivity index (χ2n) is 4.73. The lowest BCUT2D eigenvalue weighted by Gasteiger charge is -2.28. The zero-order valence-electron chi connectivity index (χ0n) is 11.5. The molecule has 0 atom stereocenters. The second kappa shape index (κ2) is 6.54. The van der Waals surface area contributed by atoms with Crippen molar-refractivity contribution in [3.63, 3.8) is 0 Å². The van der Waals surface area contributed by atoms with Crippen molar-refractivity contribution >= 4 is 11.6 Å². The minimum Gasteiger partial charge on any atom is -0.504 e. The van der Waals surface area contributed by atoms with Gasteiger partial charge in [-0.1, -0.05) is 11.6 Å². The Morgan fingerprint density at radius 2 is 1.95 bits per heavy atom. The van der Waals surface area contributed by atoms with Crippen LogP contribution in [0, 0.1) is 0 Å². The van der Waals surface area contributed by atoms with Crippen LogP contribution in [-0.4, -0.2) is 35.9 Å². The van der Waals surface area contributed by atoms with Crippen LogP contribution in [0.15, 0.2) is 12.1 Å². The number of phenols is 1. The van der Waals surface area contributed by atoms with Crippen LogP contribution in [-0.2, 0) is 6.54 Å². The third-order valence-corrected chi connectivity index (χ3v) is 3.04. The van der Waals surface area contributed by atoms with Crippen LogP contribution in [0.5, 0.6) is 11.5 Å². The highest BCUT2D eigenvalue weighted by Crippen LogP contribution is 2.34. The normalized spacial score (nSPS) is 12.2. The fourth-order valence-corrected chi connectivity index (χ4v) is 2.01. The maximum absolute atomic E-state index is 12.5. The first-order valence-electron chi connectivity index (χ1n) is 6.00. The van der Waals surface area contributed by atoms with E-state index in [9.17, 15) is 18.3 Å². The highest BCUT2D eigenvalue weighted by atomic mass is 35.5. The van der Waals surface area contributed by atoms with Gasteiger partial charge in [0.05, 0.1) is 13.7 Å². The molecule has 0 saturated heterocycles. The lowest BCUT2D eigenvalue weighted by Crippen LogP contribution is -2.38. The van der Waals surface area contributed by atoms with Crippen molar-refractivity contribution in [2.45, 2.75) is 32.6 Å². The fraction of sp³-hybridized carbons (Fsp3) is 0.538. The Labute approximate surface area is 120 Å². The molecule has 0 amide bonds. The van der Waals surface area contributed by atoms with Crippen LogP contribution >= 0.6 is 11.6 Å².